The number of aliphatic hydroxyl groups excluding tert-OH is 1. The Hall–Kier alpha value is -2.47. The van der Waals surface area contributed by atoms with Crippen LogP contribution in [0.1, 0.15) is 29.4 Å². The monoisotopic (exact) mass is 300 g/mol. The Bertz CT molecular complexity index is 628. The van der Waals surface area contributed by atoms with E-state index in [0.717, 1.165) is 11.4 Å². The van der Waals surface area contributed by atoms with E-state index >= 15 is 0 Å². The first-order valence-electron chi connectivity index (χ1n) is 7.17. The summed E-state index contributed by atoms with van der Waals surface area (Å²) in [5.74, 6) is 0.455. The first-order valence-corrected chi connectivity index (χ1v) is 7.17. The zero-order valence-corrected chi connectivity index (χ0v) is 12.7. The second kappa shape index (κ2) is 7.51. The van der Waals surface area contributed by atoms with E-state index in [4.69, 9.17) is 5.11 Å². The quantitative estimate of drug-likeness (QED) is 0.760. The Morgan fingerprint density at radius 2 is 2.09 bits per heavy atom. The van der Waals surface area contributed by atoms with Crippen LogP contribution in [-0.2, 0) is 0 Å². The van der Waals surface area contributed by atoms with Crippen molar-refractivity contribution in [2.45, 2.75) is 26.3 Å². The third-order valence-corrected chi connectivity index (χ3v) is 3.13. The maximum absolute atomic E-state index is 12.1. The lowest BCUT2D eigenvalue weighted by Crippen LogP contribution is -2.33. The Kier molecular flexibility index (Phi) is 5.43. The molecule has 0 fully saturated rings. The number of hydrogen-bond donors (Lipinski definition) is 3. The predicted octanol–water partition coefficient (Wildman–Crippen LogP) is 2.03. The molecule has 1 amide bonds. The molecule has 2 rings (SSSR count). The molecular formula is C16H20N4O2. The van der Waals surface area contributed by atoms with E-state index in [0.29, 0.717) is 17.8 Å². The Balaban J connectivity index is 2.06. The number of hydrogen-bond acceptors (Lipinski definition) is 5. The van der Waals surface area contributed by atoms with Crippen LogP contribution < -0.4 is 10.6 Å². The molecule has 6 heteroatoms. The third kappa shape index (κ3) is 4.53. The van der Waals surface area contributed by atoms with E-state index in [2.05, 4.69) is 20.8 Å². The summed E-state index contributed by atoms with van der Waals surface area (Å²) in [6.45, 7) is 3.78. The van der Waals surface area contributed by atoms with Gasteiger partial charge in [-0.05, 0) is 50.6 Å². The smallest absolute Gasteiger partial charge is 0.251 e. The van der Waals surface area contributed by atoms with Crippen LogP contribution in [0.15, 0.2) is 36.4 Å². The lowest BCUT2D eigenvalue weighted by atomic mass is 10.1. The summed E-state index contributed by atoms with van der Waals surface area (Å²) in [6, 6.07) is 10.8. The van der Waals surface area contributed by atoms with E-state index < -0.39 is 0 Å². The predicted molar refractivity (Wildman–Crippen MR) is 85.1 cm³/mol. The summed E-state index contributed by atoms with van der Waals surface area (Å²) < 4.78 is 0. The first-order chi connectivity index (χ1) is 10.6. The van der Waals surface area contributed by atoms with Gasteiger partial charge in [0.15, 0.2) is 5.82 Å². The van der Waals surface area contributed by atoms with Crippen LogP contribution in [0.25, 0.3) is 0 Å². The van der Waals surface area contributed by atoms with Gasteiger partial charge in [-0.15, -0.1) is 5.10 Å². The first kappa shape index (κ1) is 15.9. The number of aryl methyl sites for hydroxylation is 1. The van der Waals surface area contributed by atoms with E-state index in [1.807, 2.05) is 32.0 Å². The van der Waals surface area contributed by atoms with E-state index in [9.17, 15) is 4.79 Å². The molecule has 22 heavy (non-hydrogen) atoms. The number of anilines is 2. The van der Waals surface area contributed by atoms with E-state index in [1.165, 1.54) is 0 Å². The van der Waals surface area contributed by atoms with Crippen LogP contribution in [0, 0.1) is 6.92 Å². The fourth-order valence-electron chi connectivity index (χ4n) is 1.92. The Morgan fingerprint density at radius 3 is 2.77 bits per heavy atom. The van der Waals surface area contributed by atoms with E-state index in [1.54, 1.807) is 18.2 Å². The van der Waals surface area contributed by atoms with Gasteiger partial charge in [-0.1, -0.05) is 6.07 Å². The fourth-order valence-corrected chi connectivity index (χ4v) is 1.92. The Morgan fingerprint density at radius 1 is 1.27 bits per heavy atom. The number of nitrogens with one attached hydrogen (secondary N) is 2. The molecule has 1 atom stereocenters. The third-order valence-electron chi connectivity index (χ3n) is 3.13. The second-order valence-electron chi connectivity index (χ2n) is 5.15. The molecule has 0 saturated carbocycles. The van der Waals surface area contributed by atoms with E-state index in [-0.39, 0.29) is 18.6 Å². The molecule has 1 unspecified atom stereocenters. The van der Waals surface area contributed by atoms with Gasteiger partial charge in [-0.25, -0.2) is 0 Å². The van der Waals surface area contributed by atoms with Crippen LogP contribution in [0.2, 0.25) is 0 Å². The van der Waals surface area contributed by atoms with Crippen LogP contribution >= 0.6 is 0 Å². The zero-order chi connectivity index (χ0) is 15.9. The highest BCUT2D eigenvalue weighted by atomic mass is 16.3. The van der Waals surface area contributed by atoms with Gasteiger partial charge in [0.1, 0.15) is 0 Å². The summed E-state index contributed by atoms with van der Waals surface area (Å²) in [7, 11) is 0. The van der Waals surface area contributed by atoms with Gasteiger partial charge in [0.25, 0.3) is 5.91 Å². The maximum atomic E-state index is 12.1. The molecule has 0 saturated heterocycles. The van der Waals surface area contributed by atoms with Crippen LogP contribution in [0.3, 0.4) is 0 Å². The standard InChI is InChI=1S/C16H20N4O2/c1-11(8-9-21)17-16(22)13-4-3-5-14(10-13)18-15-7-6-12(2)19-20-15/h3-7,10-11,21H,8-9H2,1-2H3,(H,17,22)(H,18,20). The van der Waals surface area contributed by atoms with Crippen molar-refractivity contribution in [3.8, 4) is 0 Å². The normalized spacial score (nSPS) is 11.8. The van der Waals surface area contributed by atoms with Gasteiger partial charge in [-0.3, -0.25) is 4.79 Å². The van der Waals surface area contributed by atoms with Crippen molar-refractivity contribution in [2.24, 2.45) is 0 Å². The molecule has 2 aromatic rings. The minimum Gasteiger partial charge on any atom is -0.396 e. The lowest BCUT2D eigenvalue weighted by molar-refractivity contribution is 0.0934. The highest BCUT2D eigenvalue weighted by Crippen LogP contribution is 2.15. The van der Waals surface area contributed by atoms with Gasteiger partial charge in [0, 0.05) is 23.9 Å². The highest BCUT2D eigenvalue weighted by molar-refractivity contribution is 5.95. The molecule has 0 aliphatic carbocycles. The largest absolute Gasteiger partial charge is 0.396 e. The lowest BCUT2D eigenvalue weighted by Gasteiger charge is -2.13. The summed E-state index contributed by atoms with van der Waals surface area (Å²) in [4.78, 5) is 12.1. The summed E-state index contributed by atoms with van der Waals surface area (Å²) in [5, 5.41) is 22.8. The molecule has 1 heterocycles. The molecule has 0 aliphatic rings. The fraction of sp³-hybridized carbons (Fsp3) is 0.312. The molecule has 6 nitrogen and oxygen atoms in total. The number of aliphatic hydroxyl groups is 1. The van der Waals surface area contributed by atoms with Crippen molar-refractivity contribution >= 4 is 17.4 Å². The summed E-state index contributed by atoms with van der Waals surface area (Å²) >= 11 is 0. The zero-order valence-electron chi connectivity index (χ0n) is 12.7. The minimum atomic E-state index is -0.167. The van der Waals surface area contributed by atoms with Crippen molar-refractivity contribution < 1.29 is 9.90 Å². The van der Waals surface area contributed by atoms with Gasteiger partial charge >= 0.3 is 0 Å². The second-order valence-corrected chi connectivity index (χ2v) is 5.15. The van der Waals surface area contributed by atoms with Crippen molar-refractivity contribution in [2.75, 3.05) is 11.9 Å². The number of aromatic nitrogens is 2. The molecule has 1 aromatic carbocycles. The Labute approximate surface area is 129 Å². The van der Waals surface area contributed by atoms with Crippen molar-refractivity contribution in [3.63, 3.8) is 0 Å². The number of carbonyl (C=O) groups excluding carboxylic acids is 1. The molecular weight excluding hydrogens is 280 g/mol. The SMILES string of the molecule is Cc1ccc(Nc2cccc(C(=O)NC(C)CCO)c2)nn1. The average molecular weight is 300 g/mol. The average Bonchev–Trinajstić information content (AvgIpc) is 2.50. The van der Waals surface area contributed by atoms with Crippen molar-refractivity contribution in [1.82, 2.24) is 15.5 Å². The van der Waals surface area contributed by atoms with Gasteiger partial charge in [0.05, 0.1) is 5.69 Å². The number of amides is 1. The molecule has 0 bridgehead atoms. The molecule has 116 valence electrons. The molecule has 0 radical (unpaired) electrons. The van der Waals surface area contributed by atoms with Crippen LogP contribution in [-0.4, -0.2) is 33.9 Å². The topological polar surface area (TPSA) is 87.1 Å². The number of rotatable bonds is 6. The molecule has 0 spiro atoms. The van der Waals surface area contributed by atoms with Gasteiger partial charge in [0.2, 0.25) is 0 Å². The summed E-state index contributed by atoms with van der Waals surface area (Å²) in [6.07, 6.45) is 0.530. The summed E-state index contributed by atoms with van der Waals surface area (Å²) in [5.41, 5.74) is 2.16. The van der Waals surface area contributed by atoms with Gasteiger partial charge in [-0.2, -0.15) is 5.10 Å². The number of carbonyl (C=O) groups is 1. The number of nitrogens with zero attached hydrogens (tertiary/aromatic N) is 2. The van der Waals surface area contributed by atoms with Crippen molar-refractivity contribution in [1.29, 1.82) is 0 Å². The van der Waals surface area contributed by atoms with Gasteiger partial charge < -0.3 is 15.7 Å². The number of benzene rings is 1. The van der Waals surface area contributed by atoms with Crippen LogP contribution in [0.5, 0.6) is 0 Å². The molecule has 1 aromatic heterocycles. The highest BCUT2D eigenvalue weighted by Gasteiger charge is 2.10. The maximum Gasteiger partial charge on any atom is 0.251 e. The van der Waals surface area contributed by atoms with Crippen molar-refractivity contribution in [3.05, 3.63) is 47.7 Å². The van der Waals surface area contributed by atoms with Crippen LogP contribution in [0.4, 0.5) is 11.5 Å². The molecule has 3 N–H and O–H groups in total. The molecule has 0 aliphatic heterocycles. The minimum absolute atomic E-state index is 0.0507.